The largest absolute Gasteiger partial charge is 0.484 e. The molecule has 0 atom stereocenters. The van der Waals surface area contributed by atoms with Crippen molar-refractivity contribution in [1.82, 2.24) is 0 Å². The average molecular weight is 389 g/mol. The summed E-state index contributed by atoms with van der Waals surface area (Å²) in [6, 6.07) is 16.4. The number of nitrogens with two attached hydrogens (primary N) is 1. The molecule has 0 aromatic heterocycles. The first-order valence-corrected chi connectivity index (χ1v) is 10.7. The number of carbonyl (C=O) groups is 1. The van der Waals surface area contributed by atoms with E-state index in [0.29, 0.717) is 11.2 Å². The van der Waals surface area contributed by atoms with Crippen LogP contribution in [0.1, 0.15) is 49.7 Å². The van der Waals surface area contributed by atoms with Gasteiger partial charge in [0.25, 0.3) is 5.91 Å². The Morgan fingerprint density at radius 3 is 2.10 bits per heavy atom. The number of ether oxygens (including phenoxy) is 1. The Balaban J connectivity index is 1.26. The van der Waals surface area contributed by atoms with E-state index in [9.17, 15) is 4.79 Å². The summed E-state index contributed by atoms with van der Waals surface area (Å²) >= 11 is 0. The van der Waals surface area contributed by atoms with E-state index in [0.717, 1.165) is 29.0 Å². The number of hydrogen-bond acceptors (Lipinski definition) is 3. The molecule has 1 amide bonds. The van der Waals surface area contributed by atoms with Gasteiger partial charge in [-0.2, -0.15) is 0 Å². The third-order valence-electron chi connectivity index (χ3n) is 7.14. The van der Waals surface area contributed by atoms with Crippen LogP contribution in [-0.2, 0) is 10.2 Å². The maximum absolute atomic E-state index is 10.8. The lowest BCUT2D eigenvalue weighted by atomic mass is 9.48. The van der Waals surface area contributed by atoms with E-state index in [4.69, 9.17) is 10.5 Å². The topological polar surface area (TPSA) is 64.7 Å². The summed E-state index contributed by atoms with van der Waals surface area (Å²) in [7, 11) is 0. The molecule has 0 aliphatic heterocycles. The number of carbonyl (C=O) groups excluding carboxylic acids is 1. The molecule has 2 aromatic rings. The first-order chi connectivity index (χ1) is 14.1. The lowest BCUT2D eigenvalue weighted by molar-refractivity contribution is -0.119. The molecule has 29 heavy (non-hydrogen) atoms. The van der Waals surface area contributed by atoms with E-state index >= 15 is 0 Å². The SMILES string of the molecule is NC(=O)COc1ccc(C=Nc2ccc(C34CC5CC(CC(C5)C3)C4)cc2)cc1. The molecule has 2 N–H and O–H groups in total. The van der Waals surface area contributed by atoms with E-state index in [1.165, 1.54) is 44.1 Å². The highest BCUT2D eigenvalue weighted by Crippen LogP contribution is 2.60. The van der Waals surface area contributed by atoms with Crippen molar-refractivity contribution in [2.45, 2.75) is 43.9 Å². The molecule has 4 heteroatoms. The Kier molecular flexibility index (Phi) is 4.65. The Morgan fingerprint density at radius 2 is 1.55 bits per heavy atom. The highest BCUT2D eigenvalue weighted by Gasteiger charge is 2.51. The van der Waals surface area contributed by atoms with E-state index < -0.39 is 5.91 Å². The molecule has 4 fully saturated rings. The second kappa shape index (κ2) is 7.33. The van der Waals surface area contributed by atoms with Crippen molar-refractivity contribution in [3.63, 3.8) is 0 Å². The van der Waals surface area contributed by atoms with Crippen LogP contribution < -0.4 is 10.5 Å². The monoisotopic (exact) mass is 388 g/mol. The van der Waals surface area contributed by atoms with E-state index in [2.05, 4.69) is 29.3 Å². The average Bonchev–Trinajstić information content (AvgIpc) is 2.71. The number of primary amides is 1. The first kappa shape index (κ1) is 18.4. The number of hydrogen-bond donors (Lipinski definition) is 1. The van der Waals surface area contributed by atoms with Crippen molar-refractivity contribution in [1.29, 1.82) is 0 Å². The maximum Gasteiger partial charge on any atom is 0.255 e. The highest BCUT2D eigenvalue weighted by molar-refractivity contribution is 5.82. The molecule has 0 spiro atoms. The Morgan fingerprint density at radius 1 is 0.966 bits per heavy atom. The molecule has 0 radical (unpaired) electrons. The normalized spacial score (nSPS) is 30.0. The minimum absolute atomic E-state index is 0.108. The highest BCUT2D eigenvalue weighted by atomic mass is 16.5. The van der Waals surface area contributed by atoms with Crippen LogP contribution in [0.3, 0.4) is 0 Å². The van der Waals surface area contributed by atoms with Gasteiger partial charge in [-0.3, -0.25) is 9.79 Å². The number of amides is 1. The summed E-state index contributed by atoms with van der Waals surface area (Å²) in [4.78, 5) is 15.4. The van der Waals surface area contributed by atoms with E-state index in [1.807, 2.05) is 30.5 Å². The van der Waals surface area contributed by atoms with Crippen LogP contribution in [0, 0.1) is 17.8 Å². The van der Waals surface area contributed by atoms with Gasteiger partial charge in [0.2, 0.25) is 0 Å². The van der Waals surface area contributed by atoms with E-state index in [-0.39, 0.29) is 6.61 Å². The Hall–Kier alpha value is -2.62. The number of benzene rings is 2. The number of rotatable bonds is 6. The zero-order chi connectivity index (χ0) is 19.8. The molecule has 6 rings (SSSR count). The summed E-state index contributed by atoms with van der Waals surface area (Å²) in [5.74, 6) is 3.05. The third-order valence-corrected chi connectivity index (χ3v) is 7.14. The number of nitrogens with zero attached hydrogens (tertiary/aromatic N) is 1. The van der Waals surface area contributed by atoms with Crippen LogP contribution in [0.4, 0.5) is 5.69 Å². The molecule has 2 aromatic carbocycles. The molecule has 4 saturated carbocycles. The van der Waals surface area contributed by atoms with E-state index in [1.54, 1.807) is 0 Å². The van der Waals surface area contributed by atoms with Crippen LogP contribution in [0.15, 0.2) is 53.5 Å². The van der Waals surface area contributed by atoms with Crippen molar-refractivity contribution < 1.29 is 9.53 Å². The van der Waals surface area contributed by atoms with Gasteiger partial charge in [-0.1, -0.05) is 12.1 Å². The zero-order valence-electron chi connectivity index (χ0n) is 16.7. The van der Waals surface area contributed by atoms with Crippen LogP contribution in [-0.4, -0.2) is 18.7 Å². The molecule has 4 aliphatic rings. The van der Waals surface area contributed by atoms with Crippen molar-refractivity contribution in [3.8, 4) is 5.75 Å². The van der Waals surface area contributed by atoms with Crippen LogP contribution in [0.2, 0.25) is 0 Å². The third kappa shape index (κ3) is 3.81. The quantitative estimate of drug-likeness (QED) is 0.725. The fraction of sp³-hybridized carbons (Fsp3) is 0.440. The summed E-state index contributed by atoms with van der Waals surface area (Å²) in [5.41, 5.74) is 9.03. The Bertz CT molecular complexity index is 880. The van der Waals surface area contributed by atoms with Crippen LogP contribution in [0.5, 0.6) is 5.75 Å². The summed E-state index contributed by atoms with van der Waals surface area (Å²) in [6.07, 6.45) is 10.5. The van der Waals surface area contributed by atoms with Crippen LogP contribution in [0.25, 0.3) is 0 Å². The van der Waals surface area contributed by atoms with Gasteiger partial charge in [0.05, 0.1) is 5.69 Å². The maximum atomic E-state index is 10.8. The summed E-state index contributed by atoms with van der Waals surface area (Å²) < 4.78 is 5.28. The fourth-order valence-corrected chi connectivity index (χ4v) is 6.32. The van der Waals surface area contributed by atoms with Crippen molar-refractivity contribution >= 4 is 17.8 Å². The molecule has 4 nitrogen and oxygen atoms in total. The molecule has 0 saturated heterocycles. The molecule has 4 bridgehead atoms. The lowest BCUT2D eigenvalue weighted by Crippen LogP contribution is -2.48. The van der Waals surface area contributed by atoms with Gasteiger partial charge >= 0.3 is 0 Å². The minimum atomic E-state index is -0.479. The molecule has 0 unspecified atom stereocenters. The predicted molar refractivity (Wildman–Crippen MR) is 115 cm³/mol. The number of aliphatic imine (C=N–C) groups is 1. The summed E-state index contributed by atoms with van der Waals surface area (Å²) in [5, 5.41) is 0. The van der Waals surface area contributed by atoms with Gasteiger partial charge in [0, 0.05) is 6.21 Å². The molecular formula is C25H28N2O2. The minimum Gasteiger partial charge on any atom is -0.484 e. The van der Waals surface area contributed by atoms with Gasteiger partial charge in [0.1, 0.15) is 5.75 Å². The van der Waals surface area contributed by atoms with Gasteiger partial charge in [-0.05, 0) is 109 Å². The van der Waals surface area contributed by atoms with Gasteiger partial charge in [0.15, 0.2) is 6.61 Å². The lowest BCUT2D eigenvalue weighted by Gasteiger charge is -2.57. The van der Waals surface area contributed by atoms with Crippen LogP contribution >= 0.6 is 0 Å². The molecule has 150 valence electrons. The molecule has 4 aliphatic carbocycles. The molecule has 0 heterocycles. The van der Waals surface area contributed by atoms with Gasteiger partial charge in [-0.25, -0.2) is 0 Å². The zero-order valence-corrected chi connectivity index (χ0v) is 16.7. The Labute approximate surface area is 172 Å². The van der Waals surface area contributed by atoms with Gasteiger partial charge < -0.3 is 10.5 Å². The van der Waals surface area contributed by atoms with Crippen molar-refractivity contribution in [3.05, 3.63) is 59.7 Å². The van der Waals surface area contributed by atoms with Crippen molar-refractivity contribution in [2.75, 3.05) is 6.61 Å². The predicted octanol–water partition coefficient (Wildman–Crippen LogP) is 4.77. The molecular weight excluding hydrogens is 360 g/mol. The first-order valence-electron chi connectivity index (χ1n) is 10.7. The van der Waals surface area contributed by atoms with Gasteiger partial charge in [-0.15, -0.1) is 0 Å². The second-order valence-corrected chi connectivity index (χ2v) is 9.33. The van der Waals surface area contributed by atoms with Crippen molar-refractivity contribution in [2.24, 2.45) is 28.5 Å². The fourth-order valence-electron chi connectivity index (χ4n) is 6.32. The summed E-state index contributed by atoms with van der Waals surface area (Å²) in [6.45, 7) is -0.108. The second-order valence-electron chi connectivity index (χ2n) is 9.33. The smallest absolute Gasteiger partial charge is 0.255 e. The standard InChI is InChI=1S/C25H28N2O2/c26-24(28)16-29-23-7-1-17(2-8-23)15-27-22-5-3-21(4-6-22)25-12-18-9-19(13-25)11-20(10-18)14-25/h1-8,15,18-20H,9-14,16H2,(H2,26,28).